The molecule has 0 radical (unpaired) electrons. The molecular weight excluding hydrogens is 222 g/mol. The molecule has 1 unspecified atom stereocenters. The zero-order valence-corrected chi connectivity index (χ0v) is 11.2. The second-order valence-corrected chi connectivity index (χ2v) is 4.87. The molecule has 1 aromatic heterocycles. The molecule has 0 saturated heterocycles. The molecule has 0 bridgehead atoms. The van der Waals surface area contributed by atoms with Gasteiger partial charge in [-0.2, -0.15) is 0 Å². The summed E-state index contributed by atoms with van der Waals surface area (Å²) in [7, 11) is 0. The summed E-state index contributed by atoms with van der Waals surface area (Å²) in [5.74, 6) is 2.54. The third-order valence-corrected chi connectivity index (χ3v) is 2.75. The highest BCUT2D eigenvalue weighted by Crippen LogP contribution is 2.17. The number of rotatable bonds is 5. The van der Waals surface area contributed by atoms with Gasteiger partial charge in [-0.25, -0.2) is 9.97 Å². The van der Waals surface area contributed by atoms with E-state index >= 15 is 0 Å². The molecule has 1 atom stereocenters. The van der Waals surface area contributed by atoms with E-state index in [1.807, 2.05) is 0 Å². The quantitative estimate of drug-likeness (QED) is 0.799. The van der Waals surface area contributed by atoms with Gasteiger partial charge in [0.1, 0.15) is 16.8 Å². The molecule has 1 N–H and O–H groups in total. The molecule has 1 aromatic rings. The van der Waals surface area contributed by atoms with Crippen LogP contribution >= 0.6 is 11.6 Å². The fraction of sp³-hybridized carbons (Fsp3) is 0.667. The van der Waals surface area contributed by atoms with Gasteiger partial charge < -0.3 is 5.32 Å². The first kappa shape index (κ1) is 13.2. The van der Waals surface area contributed by atoms with E-state index in [0.29, 0.717) is 17.0 Å². The Morgan fingerprint density at radius 3 is 2.56 bits per heavy atom. The standard InChI is InChI=1S/C12H20ClN3/c1-5-9(4)7-14-11-6-10(13)15-12(16-11)8(2)3/h6,8-9H,5,7H2,1-4H3,(H,14,15,16). The number of nitrogens with one attached hydrogen (secondary N) is 1. The fourth-order valence-corrected chi connectivity index (χ4v) is 1.40. The maximum Gasteiger partial charge on any atom is 0.135 e. The maximum atomic E-state index is 5.95. The summed E-state index contributed by atoms with van der Waals surface area (Å²) in [5.41, 5.74) is 0. The van der Waals surface area contributed by atoms with E-state index in [9.17, 15) is 0 Å². The van der Waals surface area contributed by atoms with Gasteiger partial charge in [-0.3, -0.25) is 0 Å². The summed E-state index contributed by atoms with van der Waals surface area (Å²) in [6, 6.07) is 1.77. The number of anilines is 1. The Morgan fingerprint density at radius 1 is 1.31 bits per heavy atom. The highest BCUT2D eigenvalue weighted by Gasteiger charge is 2.07. The Kier molecular flexibility index (Phi) is 5.00. The lowest BCUT2D eigenvalue weighted by Crippen LogP contribution is -2.12. The average molecular weight is 242 g/mol. The summed E-state index contributed by atoms with van der Waals surface area (Å²) in [5, 5.41) is 3.80. The zero-order chi connectivity index (χ0) is 12.1. The van der Waals surface area contributed by atoms with Gasteiger partial charge in [0.15, 0.2) is 0 Å². The molecule has 1 heterocycles. The average Bonchev–Trinajstić information content (AvgIpc) is 2.25. The number of hydrogen-bond acceptors (Lipinski definition) is 3. The topological polar surface area (TPSA) is 37.8 Å². The van der Waals surface area contributed by atoms with Crippen molar-refractivity contribution in [2.75, 3.05) is 11.9 Å². The number of nitrogens with zero attached hydrogens (tertiary/aromatic N) is 2. The van der Waals surface area contributed by atoms with Crippen molar-refractivity contribution in [2.45, 2.75) is 40.0 Å². The lowest BCUT2D eigenvalue weighted by atomic mass is 10.1. The Labute approximate surface area is 103 Å². The molecule has 0 aliphatic carbocycles. The van der Waals surface area contributed by atoms with E-state index in [2.05, 4.69) is 43.0 Å². The van der Waals surface area contributed by atoms with Gasteiger partial charge in [-0.1, -0.05) is 45.7 Å². The predicted octanol–water partition coefficient (Wildman–Crippen LogP) is 3.71. The van der Waals surface area contributed by atoms with Crippen LogP contribution in [0.3, 0.4) is 0 Å². The van der Waals surface area contributed by atoms with Crippen LogP contribution in [-0.2, 0) is 0 Å². The summed E-state index contributed by atoms with van der Waals surface area (Å²) < 4.78 is 0. The monoisotopic (exact) mass is 241 g/mol. The molecule has 0 aliphatic heterocycles. The van der Waals surface area contributed by atoms with Crippen LogP contribution < -0.4 is 5.32 Å². The van der Waals surface area contributed by atoms with Crippen molar-refractivity contribution in [3.63, 3.8) is 0 Å². The van der Waals surface area contributed by atoms with Crippen molar-refractivity contribution >= 4 is 17.4 Å². The van der Waals surface area contributed by atoms with Gasteiger partial charge in [-0.15, -0.1) is 0 Å². The lowest BCUT2D eigenvalue weighted by molar-refractivity contribution is 0.592. The normalized spacial score (nSPS) is 12.9. The first-order chi connectivity index (χ1) is 7.52. The van der Waals surface area contributed by atoms with E-state index in [0.717, 1.165) is 24.6 Å². The molecule has 0 aliphatic rings. The Hall–Kier alpha value is -0.830. The van der Waals surface area contributed by atoms with Crippen molar-refractivity contribution in [3.8, 4) is 0 Å². The number of aromatic nitrogens is 2. The number of hydrogen-bond donors (Lipinski definition) is 1. The van der Waals surface area contributed by atoms with Crippen LogP contribution in [0.2, 0.25) is 5.15 Å². The second-order valence-electron chi connectivity index (χ2n) is 4.48. The van der Waals surface area contributed by atoms with Crippen LogP contribution in [-0.4, -0.2) is 16.5 Å². The van der Waals surface area contributed by atoms with Gasteiger partial charge in [0.2, 0.25) is 0 Å². The third-order valence-electron chi connectivity index (χ3n) is 2.56. The molecule has 0 saturated carbocycles. The molecule has 0 amide bonds. The van der Waals surface area contributed by atoms with E-state index in [-0.39, 0.29) is 0 Å². The van der Waals surface area contributed by atoms with E-state index in [1.54, 1.807) is 6.07 Å². The lowest BCUT2D eigenvalue weighted by Gasteiger charge is -2.12. The summed E-state index contributed by atoms with van der Waals surface area (Å²) in [6.45, 7) is 9.42. The van der Waals surface area contributed by atoms with Gasteiger partial charge in [0.05, 0.1) is 0 Å². The summed E-state index contributed by atoms with van der Waals surface area (Å²) >= 11 is 5.95. The van der Waals surface area contributed by atoms with E-state index in [4.69, 9.17) is 11.6 Å². The molecule has 0 fully saturated rings. The first-order valence-corrected chi connectivity index (χ1v) is 6.19. The van der Waals surface area contributed by atoms with E-state index < -0.39 is 0 Å². The van der Waals surface area contributed by atoms with Crippen LogP contribution in [0, 0.1) is 5.92 Å². The molecule has 0 aromatic carbocycles. The van der Waals surface area contributed by atoms with Crippen molar-refractivity contribution in [1.29, 1.82) is 0 Å². The summed E-state index contributed by atoms with van der Waals surface area (Å²) in [6.07, 6.45) is 1.16. The minimum Gasteiger partial charge on any atom is -0.370 e. The van der Waals surface area contributed by atoms with Crippen molar-refractivity contribution in [1.82, 2.24) is 9.97 Å². The molecule has 90 valence electrons. The SMILES string of the molecule is CCC(C)CNc1cc(Cl)nc(C(C)C)n1. The molecule has 0 spiro atoms. The smallest absolute Gasteiger partial charge is 0.135 e. The Bertz CT molecular complexity index is 339. The van der Waals surface area contributed by atoms with Crippen molar-refractivity contribution in [2.24, 2.45) is 5.92 Å². The van der Waals surface area contributed by atoms with Gasteiger partial charge in [-0.05, 0) is 5.92 Å². The Morgan fingerprint density at radius 2 is 2.00 bits per heavy atom. The molecule has 16 heavy (non-hydrogen) atoms. The van der Waals surface area contributed by atoms with Crippen molar-refractivity contribution in [3.05, 3.63) is 17.0 Å². The third kappa shape index (κ3) is 3.97. The molecule has 4 heteroatoms. The van der Waals surface area contributed by atoms with Gasteiger partial charge in [0.25, 0.3) is 0 Å². The first-order valence-electron chi connectivity index (χ1n) is 5.81. The van der Waals surface area contributed by atoms with Crippen molar-refractivity contribution < 1.29 is 0 Å². The van der Waals surface area contributed by atoms with Crippen LogP contribution in [0.1, 0.15) is 45.9 Å². The number of halogens is 1. The van der Waals surface area contributed by atoms with Crippen LogP contribution in [0.5, 0.6) is 0 Å². The highest BCUT2D eigenvalue weighted by atomic mass is 35.5. The van der Waals surface area contributed by atoms with E-state index in [1.165, 1.54) is 0 Å². The predicted molar refractivity (Wildman–Crippen MR) is 69.1 cm³/mol. The minimum atomic E-state index is 0.294. The summed E-state index contributed by atoms with van der Waals surface area (Å²) in [4.78, 5) is 8.63. The van der Waals surface area contributed by atoms with Crippen LogP contribution in [0.25, 0.3) is 0 Å². The zero-order valence-electron chi connectivity index (χ0n) is 10.4. The minimum absolute atomic E-state index is 0.294. The fourth-order valence-electron chi connectivity index (χ4n) is 1.21. The van der Waals surface area contributed by atoms with Crippen LogP contribution in [0.15, 0.2) is 6.07 Å². The second kappa shape index (κ2) is 6.04. The maximum absolute atomic E-state index is 5.95. The largest absolute Gasteiger partial charge is 0.370 e. The van der Waals surface area contributed by atoms with Gasteiger partial charge >= 0.3 is 0 Å². The molecular formula is C12H20ClN3. The Balaban J connectivity index is 2.72. The molecule has 1 rings (SSSR count). The van der Waals surface area contributed by atoms with Gasteiger partial charge in [0, 0.05) is 18.5 Å². The van der Waals surface area contributed by atoms with Crippen LogP contribution in [0.4, 0.5) is 5.82 Å². The molecule has 3 nitrogen and oxygen atoms in total. The highest BCUT2D eigenvalue weighted by molar-refractivity contribution is 6.29.